The zero-order chi connectivity index (χ0) is 10.1. The number of aromatic nitrogens is 1. The number of benzene rings is 1. The average Bonchev–Trinajstić information content (AvgIpc) is 2.56. The first-order valence-corrected chi connectivity index (χ1v) is 4.14. The average molecular weight is 192 g/mol. The number of nitrogen functional groups attached to an aromatic ring is 1. The minimum absolute atomic E-state index is 0.347. The Morgan fingerprint density at radius 2 is 2.21 bits per heavy atom. The molecule has 14 heavy (non-hydrogen) atoms. The molecule has 1 aromatic heterocycles. The van der Waals surface area contributed by atoms with Crippen LogP contribution in [0, 0.1) is 12.7 Å². The third-order valence-electron chi connectivity index (χ3n) is 1.87. The van der Waals surface area contributed by atoms with Crippen LogP contribution in [0.25, 0.3) is 11.5 Å². The Kier molecular flexibility index (Phi) is 1.96. The quantitative estimate of drug-likeness (QED) is 0.705. The molecule has 72 valence electrons. The van der Waals surface area contributed by atoms with Crippen molar-refractivity contribution in [3.63, 3.8) is 0 Å². The monoisotopic (exact) mass is 192 g/mol. The fourth-order valence-electron chi connectivity index (χ4n) is 1.19. The van der Waals surface area contributed by atoms with E-state index in [0.717, 1.165) is 0 Å². The van der Waals surface area contributed by atoms with Gasteiger partial charge in [-0.1, -0.05) is 0 Å². The van der Waals surface area contributed by atoms with Gasteiger partial charge in [-0.2, -0.15) is 0 Å². The molecule has 0 aliphatic carbocycles. The fraction of sp³-hybridized carbons (Fsp3) is 0.100. The lowest BCUT2D eigenvalue weighted by molar-refractivity contribution is 0.541. The van der Waals surface area contributed by atoms with Gasteiger partial charge < -0.3 is 10.2 Å². The van der Waals surface area contributed by atoms with Crippen LogP contribution in [0.4, 0.5) is 10.1 Å². The van der Waals surface area contributed by atoms with E-state index in [1.54, 1.807) is 13.1 Å². The third kappa shape index (κ3) is 1.46. The van der Waals surface area contributed by atoms with Gasteiger partial charge in [0.15, 0.2) is 0 Å². The van der Waals surface area contributed by atoms with Gasteiger partial charge in [-0.3, -0.25) is 0 Å². The highest BCUT2D eigenvalue weighted by Gasteiger charge is 2.09. The summed E-state index contributed by atoms with van der Waals surface area (Å²) in [5.41, 5.74) is 6.60. The van der Waals surface area contributed by atoms with Gasteiger partial charge >= 0.3 is 0 Å². The summed E-state index contributed by atoms with van der Waals surface area (Å²) in [6.45, 7) is 1.77. The molecule has 1 heterocycles. The van der Waals surface area contributed by atoms with Crippen LogP contribution in [0.15, 0.2) is 28.8 Å². The Morgan fingerprint density at radius 1 is 1.43 bits per heavy atom. The van der Waals surface area contributed by atoms with E-state index in [1.807, 2.05) is 0 Å². The highest BCUT2D eigenvalue weighted by molar-refractivity contribution is 5.70. The minimum Gasteiger partial charge on any atom is -0.441 e. The lowest BCUT2D eigenvalue weighted by Gasteiger charge is -2.00. The Labute approximate surface area is 80.4 Å². The van der Waals surface area contributed by atoms with Crippen LogP contribution >= 0.6 is 0 Å². The maximum atomic E-state index is 12.9. The van der Waals surface area contributed by atoms with E-state index in [4.69, 9.17) is 10.2 Å². The van der Waals surface area contributed by atoms with Gasteiger partial charge in [0.2, 0.25) is 5.89 Å². The lowest BCUT2D eigenvalue weighted by atomic mass is 10.2. The summed E-state index contributed by atoms with van der Waals surface area (Å²) in [6.07, 6.45) is 1.57. The summed E-state index contributed by atoms with van der Waals surface area (Å²) in [6, 6.07) is 4.10. The molecule has 0 saturated carbocycles. The smallest absolute Gasteiger partial charge is 0.228 e. The number of nitrogens with zero attached hydrogens (tertiary/aromatic N) is 1. The topological polar surface area (TPSA) is 52.0 Å². The van der Waals surface area contributed by atoms with Gasteiger partial charge in [-0.25, -0.2) is 9.37 Å². The van der Waals surface area contributed by atoms with Crippen LogP contribution < -0.4 is 5.73 Å². The zero-order valence-corrected chi connectivity index (χ0v) is 7.62. The fourth-order valence-corrected chi connectivity index (χ4v) is 1.19. The Hall–Kier alpha value is -1.84. The van der Waals surface area contributed by atoms with Crippen molar-refractivity contribution in [3.8, 4) is 11.5 Å². The van der Waals surface area contributed by atoms with Gasteiger partial charge in [0.25, 0.3) is 0 Å². The molecular formula is C10H9FN2O. The van der Waals surface area contributed by atoms with Crippen LogP contribution in [0.1, 0.15) is 5.76 Å². The summed E-state index contributed by atoms with van der Waals surface area (Å²) in [5, 5.41) is 0. The van der Waals surface area contributed by atoms with E-state index in [1.165, 1.54) is 18.2 Å². The molecule has 2 aromatic rings. The van der Waals surface area contributed by atoms with Gasteiger partial charge in [0, 0.05) is 5.69 Å². The molecule has 0 radical (unpaired) electrons. The molecule has 4 heteroatoms. The standard InChI is InChI=1S/C10H9FN2O/c1-6-5-13-10(14-6)8-4-7(11)2-3-9(8)12/h2-5H,12H2,1H3. The SMILES string of the molecule is Cc1cnc(-c2cc(F)ccc2N)o1. The third-order valence-corrected chi connectivity index (χ3v) is 1.87. The number of rotatable bonds is 1. The molecule has 0 fully saturated rings. The molecule has 1 aromatic carbocycles. The predicted molar refractivity (Wildman–Crippen MR) is 51.0 cm³/mol. The van der Waals surface area contributed by atoms with E-state index >= 15 is 0 Å². The summed E-state index contributed by atoms with van der Waals surface area (Å²) in [5.74, 6) is 0.660. The number of hydrogen-bond acceptors (Lipinski definition) is 3. The van der Waals surface area contributed by atoms with E-state index in [-0.39, 0.29) is 5.82 Å². The van der Waals surface area contributed by atoms with E-state index in [0.29, 0.717) is 22.9 Å². The Bertz CT molecular complexity index is 465. The van der Waals surface area contributed by atoms with Crippen molar-refractivity contribution in [2.45, 2.75) is 6.92 Å². The first-order valence-electron chi connectivity index (χ1n) is 4.14. The van der Waals surface area contributed by atoms with Crippen molar-refractivity contribution < 1.29 is 8.81 Å². The number of oxazole rings is 1. The first kappa shape index (κ1) is 8.74. The van der Waals surface area contributed by atoms with E-state index < -0.39 is 0 Å². The number of halogens is 1. The van der Waals surface area contributed by atoms with Crippen LogP contribution in [0.3, 0.4) is 0 Å². The van der Waals surface area contributed by atoms with E-state index in [9.17, 15) is 4.39 Å². The molecule has 2 rings (SSSR count). The van der Waals surface area contributed by atoms with Crippen molar-refractivity contribution in [2.75, 3.05) is 5.73 Å². The number of nitrogens with two attached hydrogens (primary N) is 1. The summed E-state index contributed by atoms with van der Waals surface area (Å²) < 4.78 is 18.2. The lowest BCUT2D eigenvalue weighted by Crippen LogP contribution is -1.90. The van der Waals surface area contributed by atoms with Crippen molar-refractivity contribution in [2.24, 2.45) is 0 Å². The highest BCUT2D eigenvalue weighted by atomic mass is 19.1. The second kappa shape index (κ2) is 3.14. The summed E-state index contributed by atoms with van der Waals surface area (Å²) in [7, 11) is 0. The second-order valence-electron chi connectivity index (χ2n) is 3.01. The van der Waals surface area contributed by atoms with Crippen LogP contribution in [-0.4, -0.2) is 4.98 Å². The van der Waals surface area contributed by atoms with Crippen molar-refractivity contribution >= 4 is 5.69 Å². The number of anilines is 1. The molecule has 2 N–H and O–H groups in total. The van der Waals surface area contributed by atoms with Crippen LogP contribution in [0.5, 0.6) is 0 Å². The predicted octanol–water partition coefficient (Wildman–Crippen LogP) is 2.37. The molecule has 0 saturated heterocycles. The maximum absolute atomic E-state index is 12.9. The zero-order valence-electron chi connectivity index (χ0n) is 7.62. The van der Waals surface area contributed by atoms with Crippen molar-refractivity contribution in [3.05, 3.63) is 36.0 Å². The first-order chi connectivity index (χ1) is 6.66. The molecule has 0 spiro atoms. The normalized spacial score (nSPS) is 10.4. The molecular weight excluding hydrogens is 183 g/mol. The molecule has 0 bridgehead atoms. The molecule has 0 aliphatic heterocycles. The van der Waals surface area contributed by atoms with Gasteiger partial charge in [0.1, 0.15) is 11.6 Å². The molecule has 3 nitrogen and oxygen atoms in total. The second-order valence-corrected chi connectivity index (χ2v) is 3.01. The Morgan fingerprint density at radius 3 is 2.86 bits per heavy atom. The number of hydrogen-bond donors (Lipinski definition) is 1. The molecule has 0 atom stereocenters. The molecule has 0 amide bonds. The van der Waals surface area contributed by atoms with Gasteiger partial charge in [-0.05, 0) is 25.1 Å². The Balaban J connectivity index is 2.55. The highest BCUT2D eigenvalue weighted by Crippen LogP contribution is 2.25. The van der Waals surface area contributed by atoms with Crippen molar-refractivity contribution in [1.29, 1.82) is 0 Å². The summed E-state index contributed by atoms with van der Waals surface area (Å²) >= 11 is 0. The van der Waals surface area contributed by atoms with Gasteiger partial charge in [0.05, 0.1) is 11.8 Å². The van der Waals surface area contributed by atoms with Crippen LogP contribution in [-0.2, 0) is 0 Å². The molecule has 0 unspecified atom stereocenters. The van der Waals surface area contributed by atoms with Crippen LogP contribution in [0.2, 0.25) is 0 Å². The molecule has 0 aliphatic rings. The maximum Gasteiger partial charge on any atom is 0.228 e. The minimum atomic E-state index is -0.356. The number of aryl methyl sites for hydroxylation is 1. The van der Waals surface area contributed by atoms with Crippen molar-refractivity contribution in [1.82, 2.24) is 4.98 Å². The van der Waals surface area contributed by atoms with E-state index in [2.05, 4.69) is 4.98 Å². The van der Waals surface area contributed by atoms with Gasteiger partial charge in [-0.15, -0.1) is 0 Å². The largest absolute Gasteiger partial charge is 0.441 e. The summed E-state index contributed by atoms with van der Waals surface area (Å²) in [4.78, 5) is 3.97.